The van der Waals surface area contributed by atoms with E-state index in [1.54, 1.807) is 19.9 Å². The van der Waals surface area contributed by atoms with Crippen LogP contribution in [0.1, 0.15) is 13.8 Å². The van der Waals surface area contributed by atoms with Crippen LogP contribution in [0.15, 0.2) is 36.5 Å². The molecule has 0 atom stereocenters. The van der Waals surface area contributed by atoms with Crippen LogP contribution in [0.3, 0.4) is 0 Å². The van der Waals surface area contributed by atoms with Crippen LogP contribution in [0.5, 0.6) is 5.75 Å². The first-order valence-electron chi connectivity index (χ1n) is 6.55. The quantitative estimate of drug-likeness (QED) is 0.606. The first-order valence-corrected chi connectivity index (χ1v) is 8.01. The summed E-state index contributed by atoms with van der Waals surface area (Å²) in [4.78, 5) is 0. The molecule has 0 bridgehead atoms. The minimum atomic E-state index is -3.54. The molecule has 0 spiro atoms. The fourth-order valence-electron chi connectivity index (χ4n) is 1.94. The van der Waals surface area contributed by atoms with E-state index in [0.29, 0.717) is 5.75 Å². The molecular weight excluding hydrogens is 277 g/mol. The molecule has 1 aromatic heterocycles. The van der Waals surface area contributed by atoms with E-state index >= 15 is 0 Å². The first-order chi connectivity index (χ1) is 9.58. The largest absolute Gasteiger partial charge is 0.530 e. The van der Waals surface area contributed by atoms with Crippen molar-refractivity contribution in [2.75, 3.05) is 13.2 Å². The minimum absolute atomic E-state index is 0.264. The Balaban J connectivity index is 2.31. The zero-order valence-electron chi connectivity index (χ0n) is 11.9. The van der Waals surface area contributed by atoms with Crippen LogP contribution in [-0.4, -0.2) is 13.2 Å². The summed E-state index contributed by atoms with van der Waals surface area (Å²) in [6.07, 6.45) is 1.97. The number of fused-ring (bicyclic) bond motifs is 1. The van der Waals surface area contributed by atoms with Gasteiger partial charge in [0.15, 0.2) is 6.20 Å². The molecule has 0 amide bonds. The fourth-order valence-corrected chi connectivity index (χ4v) is 3.12. The summed E-state index contributed by atoms with van der Waals surface area (Å²) in [5.41, 5.74) is 1.06. The van der Waals surface area contributed by atoms with E-state index in [1.165, 1.54) is 0 Å². The summed E-state index contributed by atoms with van der Waals surface area (Å²) in [5, 5.41) is 0.993. The first kappa shape index (κ1) is 15.0. The lowest BCUT2D eigenvalue weighted by Gasteiger charge is -2.17. The second kappa shape index (κ2) is 6.35. The molecule has 0 N–H and O–H groups in total. The van der Waals surface area contributed by atoms with Crippen LogP contribution in [-0.2, 0) is 20.7 Å². The molecule has 0 aliphatic rings. The van der Waals surface area contributed by atoms with Gasteiger partial charge in [-0.1, -0.05) is 0 Å². The van der Waals surface area contributed by atoms with E-state index < -0.39 is 7.82 Å². The molecule has 1 heterocycles. The third kappa shape index (κ3) is 3.37. The van der Waals surface area contributed by atoms with E-state index in [2.05, 4.69) is 0 Å². The number of aryl methyl sites for hydroxylation is 1. The maximum Gasteiger partial charge on any atom is 0.530 e. The third-order valence-electron chi connectivity index (χ3n) is 2.76. The van der Waals surface area contributed by atoms with E-state index in [4.69, 9.17) is 13.6 Å². The molecule has 0 radical (unpaired) electrons. The molecule has 2 rings (SSSR count). The molecule has 1 aromatic carbocycles. The molecule has 2 aromatic rings. The Morgan fingerprint density at radius 2 is 1.85 bits per heavy atom. The van der Waals surface area contributed by atoms with Crippen molar-refractivity contribution in [3.05, 3.63) is 36.5 Å². The van der Waals surface area contributed by atoms with Crippen molar-refractivity contribution >= 4 is 18.7 Å². The van der Waals surface area contributed by atoms with Crippen molar-refractivity contribution in [3.8, 4) is 5.75 Å². The Bertz CT molecular complexity index is 634. The lowest BCUT2D eigenvalue weighted by Crippen LogP contribution is -2.27. The van der Waals surface area contributed by atoms with Gasteiger partial charge in [0.25, 0.3) is 0 Å². The number of nitrogens with zero attached hydrogens (tertiary/aromatic N) is 1. The van der Waals surface area contributed by atoms with Gasteiger partial charge < -0.3 is 4.52 Å². The summed E-state index contributed by atoms with van der Waals surface area (Å²) in [6.45, 7) is 4.02. The van der Waals surface area contributed by atoms with Gasteiger partial charge in [-0.15, -0.1) is 0 Å². The fraction of sp³-hybridized carbons (Fsp3) is 0.357. The highest BCUT2D eigenvalue weighted by atomic mass is 31.2. The van der Waals surface area contributed by atoms with Crippen molar-refractivity contribution < 1.29 is 22.7 Å². The molecule has 0 saturated carbocycles. The van der Waals surface area contributed by atoms with Crippen LogP contribution in [0.25, 0.3) is 10.9 Å². The van der Waals surface area contributed by atoms with Crippen molar-refractivity contribution in [2.45, 2.75) is 13.8 Å². The Kier molecular flexibility index (Phi) is 4.76. The lowest BCUT2D eigenvalue weighted by atomic mass is 10.2. The Morgan fingerprint density at radius 3 is 2.50 bits per heavy atom. The Labute approximate surface area is 118 Å². The molecule has 108 valence electrons. The maximum absolute atomic E-state index is 12.3. The van der Waals surface area contributed by atoms with E-state index in [1.807, 2.05) is 42.1 Å². The van der Waals surface area contributed by atoms with Gasteiger partial charge in [-0.2, -0.15) is 0 Å². The second-order valence-corrected chi connectivity index (χ2v) is 5.81. The number of hydrogen-bond donors (Lipinski definition) is 0. The summed E-state index contributed by atoms with van der Waals surface area (Å²) in [5.74, 6) is 0.467. The van der Waals surface area contributed by atoms with E-state index in [9.17, 15) is 4.57 Å². The third-order valence-corrected chi connectivity index (χ3v) is 4.34. The number of aromatic nitrogens is 1. The second-order valence-electron chi connectivity index (χ2n) is 4.21. The topological polar surface area (TPSA) is 48.6 Å². The van der Waals surface area contributed by atoms with Gasteiger partial charge in [-0.3, -0.25) is 9.05 Å². The number of pyridine rings is 1. The molecule has 0 aliphatic heterocycles. The highest BCUT2D eigenvalue weighted by Gasteiger charge is 2.27. The van der Waals surface area contributed by atoms with Gasteiger partial charge >= 0.3 is 7.82 Å². The van der Waals surface area contributed by atoms with Gasteiger partial charge in [0, 0.05) is 12.1 Å². The molecule has 0 aliphatic carbocycles. The molecular formula is C14H19NO4P+. The van der Waals surface area contributed by atoms with Gasteiger partial charge in [0.1, 0.15) is 12.8 Å². The molecule has 20 heavy (non-hydrogen) atoms. The molecule has 0 saturated heterocycles. The van der Waals surface area contributed by atoms with Gasteiger partial charge in [0.05, 0.1) is 18.6 Å². The predicted molar refractivity (Wildman–Crippen MR) is 76.6 cm³/mol. The zero-order chi connectivity index (χ0) is 14.6. The van der Waals surface area contributed by atoms with Crippen molar-refractivity contribution in [3.63, 3.8) is 0 Å². The normalized spacial score (nSPS) is 11.8. The average molecular weight is 296 g/mol. The number of hydrogen-bond acceptors (Lipinski definition) is 4. The standard InChI is InChI=1S/C14H19NO4P/c1-4-17-20(16,18-5-2)19-13-8-9-14-12(11-13)7-6-10-15(14)3/h6-11H,4-5H2,1-3H3/q+1. The monoisotopic (exact) mass is 296 g/mol. The zero-order valence-corrected chi connectivity index (χ0v) is 12.8. The minimum Gasteiger partial charge on any atom is -0.404 e. The van der Waals surface area contributed by atoms with Crippen LogP contribution >= 0.6 is 7.82 Å². The molecule has 6 heteroatoms. The Hall–Kier alpha value is -1.42. The summed E-state index contributed by atoms with van der Waals surface area (Å²) in [7, 11) is -1.57. The summed E-state index contributed by atoms with van der Waals surface area (Å²) >= 11 is 0. The van der Waals surface area contributed by atoms with Gasteiger partial charge in [-0.25, -0.2) is 9.13 Å². The summed E-state index contributed by atoms with van der Waals surface area (Å²) < 4.78 is 30.0. The van der Waals surface area contributed by atoms with Crippen LogP contribution in [0, 0.1) is 0 Å². The van der Waals surface area contributed by atoms with Crippen LogP contribution < -0.4 is 9.09 Å². The van der Waals surface area contributed by atoms with E-state index in [-0.39, 0.29) is 13.2 Å². The van der Waals surface area contributed by atoms with Crippen LogP contribution in [0.2, 0.25) is 0 Å². The van der Waals surface area contributed by atoms with Crippen molar-refractivity contribution in [2.24, 2.45) is 7.05 Å². The number of phosphoric acid groups is 1. The summed E-state index contributed by atoms with van der Waals surface area (Å²) in [6, 6.07) is 9.39. The van der Waals surface area contributed by atoms with Crippen molar-refractivity contribution in [1.29, 1.82) is 0 Å². The SMILES string of the molecule is CCOP(=O)(OCC)Oc1ccc2c(ccc[n+]2C)c1. The van der Waals surface area contributed by atoms with Gasteiger partial charge in [0.2, 0.25) is 5.52 Å². The molecule has 0 unspecified atom stereocenters. The average Bonchev–Trinajstić information content (AvgIpc) is 2.39. The smallest absolute Gasteiger partial charge is 0.404 e. The maximum atomic E-state index is 12.3. The van der Waals surface area contributed by atoms with Crippen LogP contribution in [0.4, 0.5) is 0 Å². The van der Waals surface area contributed by atoms with E-state index in [0.717, 1.165) is 10.9 Å². The highest BCUT2D eigenvalue weighted by molar-refractivity contribution is 7.48. The van der Waals surface area contributed by atoms with Gasteiger partial charge in [-0.05, 0) is 32.0 Å². The van der Waals surface area contributed by atoms with Crippen molar-refractivity contribution in [1.82, 2.24) is 0 Å². The lowest BCUT2D eigenvalue weighted by molar-refractivity contribution is -0.644. The molecule has 0 fully saturated rings. The number of benzene rings is 1. The Morgan fingerprint density at radius 1 is 1.15 bits per heavy atom. The molecule has 5 nitrogen and oxygen atoms in total. The number of rotatable bonds is 6. The number of phosphoric ester groups is 1. The predicted octanol–water partition coefficient (Wildman–Crippen LogP) is 3.22. The highest BCUT2D eigenvalue weighted by Crippen LogP contribution is 2.49.